The molecular weight excluding hydrogens is 612 g/mol. The van der Waals surface area contributed by atoms with Crippen molar-refractivity contribution in [3.63, 3.8) is 0 Å². The Morgan fingerprint density at radius 1 is 0.545 bits per heavy atom. The van der Waals surface area contributed by atoms with Crippen LogP contribution in [0.3, 0.4) is 0 Å². The van der Waals surface area contributed by atoms with Gasteiger partial charge in [0.1, 0.15) is 38.3 Å². The van der Waals surface area contributed by atoms with Crippen molar-refractivity contribution in [1.82, 2.24) is 0 Å². The molecule has 0 amide bonds. The highest BCUT2D eigenvalue weighted by Gasteiger charge is 2.44. The van der Waals surface area contributed by atoms with Crippen LogP contribution in [-0.2, 0) is 42.6 Å². The summed E-state index contributed by atoms with van der Waals surface area (Å²) in [4.78, 5) is 0. The summed E-state index contributed by atoms with van der Waals surface area (Å²) in [6, 6.07) is 0. The summed E-state index contributed by atoms with van der Waals surface area (Å²) in [6.45, 7) is -1.15. The van der Waals surface area contributed by atoms with Gasteiger partial charge in [-0.2, -0.15) is 17.6 Å². The van der Waals surface area contributed by atoms with Crippen LogP contribution in [0.15, 0.2) is 12.7 Å². The van der Waals surface area contributed by atoms with Gasteiger partial charge in [0.25, 0.3) is 0 Å². The first-order valence-electron chi connectivity index (χ1n) is 13.9. The van der Waals surface area contributed by atoms with Crippen LogP contribution in [0, 0.1) is 0 Å². The van der Waals surface area contributed by atoms with Crippen molar-refractivity contribution in [2.24, 2.45) is 0 Å². The Balaban J connectivity index is 3.83. The average molecular weight is 661 g/mol. The van der Waals surface area contributed by atoms with Crippen molar-refractivity contribution in [2.75, 3.05) is 106 Å². The summed E-state index contributed by atoms with van der Waals surface area (Å²) >= 11 is 0. The molecular formula is C26H48F4O14. The molecule has 264 valence electrons. The minimum Gasteiger partial charge on any atom is -0.394 e. The van der Waals surface area contributed by atoms with E-state index in [9.17, 15) is 38.0 Å². The summed E-state index contributed by atoms with van der Waals surface area (Å²) < 4.78 is 97.8. The lowest BCUT2D eigenvalue weighted by Gasteiger charge is -2.24. The van der Waals surface area contributed by atoms with Crippen LogP contribution in [0.4, 0.5) is 17.6 Å². The van der Waals surface area contributed by atoms with Gasteiger partial charge >= 0.3 is 12.2 Å². The van der Waals surface area contributed by atoms with Crippen molar-refractivity contribution in [3.8, 4) is 0 Å². The first-order valence-corrected chi connectivity index (χ1v) is 13.9. The normalized spacial score (nSPS) is 15.3. The molecule has 4 unspecified atom stereocenters. The van der Waals surface area contributed by atoms with Gasteiger partial charge in [-0.1, -0.05) is 6.08 Å². The molecule has 0 aromatic rings. The van der Waals surface area contributed by atoms with Crippen molar-refractivity contribution >= 4 is 0 Å². The maximum Gasteiger partial charge on any atom is 0.383 e. The number of ether oxygens (including phenoxy) is 9. The molecule has 0 radical (unpaired) electrons. The van der Waals surface area contributed by atoms with Gasteiger partial charge in [-0.15, -0.1) is 6.58 Å². The van der Waals surface area contributed by atoms with Crippen LogP contribution >= 0.6 is 0 Å². The number of halogens is 4. The maximum absolute atomic E-state index is 13.7. The molecule has 0 aliphatic heterocycles. The lowest BCUT2D eigenvalue weighted by Crippen LogP contribution is -2.40. The molecule has 5 N–H and O–H groups in total. The third-order valence-corrected chi connectivity index (χ3v) is 4.85. The van der Waals surface area contributed by atoms with E-state index in [1.165, 1.54) is 0 Å². The molecule has 18 heteroatoms. The fourth-order valence-corrected chi connectivity index (χ4v) is 2.88. The summed E-state index contributed by atoms with van der Waals surface area (Å²) in [5.74, 6) is 0. The lowest BCUT2D eigenvalue weighted by molar-refractivity contribution is -0.396. The number of hydrogen-bond donors (Lipinski definition) is 5. The van der Waals surface area contributed by atoms with Crippen molar-refractivity contribution in [1.29, 1.82) is 0 Å². The Hall–Kier alpha value is -1.10. The van der Waals surface area contributed by atoms with Gasteiger partial charge in [0.2, 0.25) is 0 Å². The Morgan fingerprint density at radius 3 is 1.57 bits per heavy atom. The molecule has 44 heavy (non-hydrogen) atoms. The highest BCUT2D eigenvalue weighted by molar-refractivity contribution is 4.65. The summed E-state index contributed by atoms with van der Waals surface area (Å²) in [7, 11) is 0. The number of alkyl halides is 4. The van der Waals surface area contributed by atoms with E-state index in [0.717, 1.165) is 0 Å². The van der Waals surface area contributed by atoms with Crippen molar-refractivity contribution in [3.05, 3.63) is 12.7 Å². The lowest BCUT2D eigenvalue weighted by atomic mass is 10.3. The fraction of sp³-hybridized carbons (Fsp3) is 0.923. The molecule has 0 saturated carbocycles. The minimum atomic E-state index is -4.39. The molecule has 0 heterocycles. The smallest absolute Gasteiger partial charge is 0.383 e. The van der Waals surface area contributed by atoms with E-state index in [2.05, 4.69) is 20.8 Å². The predicted octanol–water partition coefficient (Wildman–Crippen LogP) is -0.319. The van der Waals surface area contributed by atoms with Gasteiger partial charge < -0.3 is 63.4 Å². The zero-order chi connectivity index (χ0) is 33.1. The number of aliphatic hydroxyl groups is 5. The van der Waals surface area contributed by atoms with Crippen molar-refractivity contribution < 1.29 is 85.7 Å². The molecule has 0 spiro atoms. The molecule has 14 nitrogen and oxygen atoms in total. The van der Waals surface area contributed by atoms with E-state index in [4.69, 9.17) is 33.5 Å². The Labute approximate surface area is 254 Å². The zero-order valence-electron chi connectivity index (χ0n) is 24.7. The molecule has 0 aromatic heterocycles. The van der Waals surface area contributed by atoms with Gasteiger partial charge in [0.15, 0.2) is 0 Å². The second-order valence-electron chi connectivity index (χ2n) is 9.31. The van der Waals surface area contributed by atoms with Crippen LogP contribution < -0.4 is 0 Å². The Bertz CT molecular complexity index is 668. The summed E-state index contributed by atoms with van der Waals surface area (Å²) in [5.41, 5.74) is 0. The third kappa shape index (κ3) is 28.4. The van der Waals surface area contributed by atoms with Crippen LogP contribution in [0.1, 0.15) is 12.8 Å². The second kappa shape index (κ2) is 27.1. The second-order valence-corrected chi connectivity index (χ2v) is 9.31. The predicted molar refractivity (Wildman–Crippen MR) is 143 cm³/mol. The standard InChI is InChI=1S/C26H48F4O14/c1-2-3-6-36-12-22(33)13-37-7-4-21(32)11-42-18-25(27,28)44-26(29,30)19-43-20-40-10-9-39-15-24(35)17-41-16-23(34)14-38-8-5-31/h2,21-24,31-35H,1,3-20H2. The van der Waals surface area contributed by atoms with E-state index in [1.807, 2.05) is 0 Å². The van der Waals surface area contributed by atoms with Gasteiger partial charge in [-0.05, 0) is 12.8 Å². The largest absolute Gasteiger partial charge is 0.394 e. The third-order valence-electron chi connectivity index (χ3n) is 4.85. The SMILES string of the molecule is C=CCCOCC(O)COCCC(O)COCC(F)(F)OC(F)(F)COCOCCOCC(O)COCC(O)COCCO. The van der Waals surface area contributed by atoms with Crippen molar-refractivity contribution in [2.45, 2.75) is 49.5 Å². The topological polar surface area (TPSA) is 184 Å². The van der Waals surface area contributed by atoms with E-state index in [0.29, 0.717) is 13.0 Å². The van der Waals surface area contributed by atoms with Gasteiger partial charge in [-0.3, -0.25) is 4.74 Å². The monoisotopic (exact) mass is 660 g/mol. The summed E-state index contributed by atoms with van der Waals surface area (Å²) in [6.07, 6.45) is -10.5. The highest BCUT2D eigenvalue weighted by atomic mass is 19.3. The Kier molecular flexibility index (Phi) is 26.4. The molecule has 0 rings (SSSR count). The van der Waals surface area contributed by atoms with Gasteiger partial charge in [0, 0.05) is 6.61 Å². The molecule has 0 fully saturated rings. The molecule has 0 aromatic carbocycles. The van der Waals surface area contributed by atoms with E-state index in [1.54, 1.807) is 6.08 Å². The number of hydrogen-bond acceptors (Lipinski definition) is 14. The van der Waals surface area contributed by atoms with Gasteiger partial charge in [-0.25, -0.2) is 0 Å². The molecule has 0 aliphatic rings. The van der Waals surface area contributed by atoms with Crippen LogP contribution in [0.5, 0.6) is 0 Å². The van der Waals surface area contributed by atoms with E-state index in [-0.39, 0.29) is 79.1 Å². The van der Waals surface area contributed by atoms with E-state index < -0.39 is 63.2 Å². The molecule has 4 atom stereocenters. The minimum absolute atomic E-state index is 0.0162. The number of aliphatic hydroxyl groups excluding tert-OH is 5. The molecule has 0 aliphatic carbocycles. The van der Waals surface area contributed by atoms with Crippen LogP contribution in [-0.4, -0.2) is 168 Å². The van der Waals surface area contributed by atoms with Gasteiger partial charge in [0.05, 0.1) is 85.4 Å². The van der Waals surface area contributed by atoms with Crippen LogP contribution in [0.2, 0.25) is 0 Å². The zero-order valence-corrected chi connectivity index (χ0v) is 24.7. The molecule has 0 saturated heterocycles. The fourth-order valence-electron chi connectivity index (χ4n) is 2.88. The summed E-state index contributed by atoms with van der Waals surface area (Å²) in [5, 5.41) is 47.2. The maximum atomic E-state index is 13.7. The first kappa shape index (κ1) is 42.9. The van der Waals surface area contributed by atoms with E-state index >= 15 is 0 Å². The number of rotatable bonds is 33. The first-order chi connectivity index (χ1) is 20.9. The Morgan fingerprint density at radius 2 is 1.00 bits per heavy atom. The van der Waals surface area contributed by atoms with Crippen LogP contribution in [0.25, 0.3) is 0 Å². The quantitative estimate of drug-likeness (QED) is 0.0267. The molecule has 0 bridgehead atoms. The highest BCUT2D eigenvalue weighted by Crippen LogP contribution is 2.27. The average Bonchev–Trinajstić information content (AvgIpc) is 2.94.